The largest absolute Gasteiger partial charge is 0.469 e. The predicted molar refractivity (Wildman–Crippen MR) is 83.5 cm³/mol. The maximum absolute atomic E-state index is 11.0. The second-order valence-electron chi connectivity index (χ2n) is 4.93. The van der Waals surface area contributed by atoms with Crippen molar-refractivity contribution in [2.45, 2.75) is 51.4 Å². The topological polar surface area (TPSA) is 52.6 Å². The fraction of sp³-hybridized carbons (Fsp3) is 0.625. The summed E-state index contributed by atoms with van der Waals surface area (Å²) in [5, 5.41) is 0. The molecule has 21 heavy (non-hydrogen) atoms. The molecule has 0 aromatic carbocycles. The van der Waals surface area contributed by atoms with Crippen LogP contribution in [0.25, 0.3) is 0 Å². The SMILES string of the molecule is COC(=O)CCCCc1ccc(CCCCC(=O)OC)s1. The van der Waals surface area contributed by atoms with Crippen LogP contribution in [0.4, 0.5) is 0 Å². The van der Waals surface area contributed by atoms with Crippen LogP contribution in [-0.4, -0.2) is 26.2 Å². The third-order valence-corrected chi connectivity index (χ3v) is 4.49. The molecule has 0 fully saturated rings. The fourth-order valence-corrected chi connectivity index (χ4v) is 3.13. The highest BCUT2D eigenvalue weighted by Gasteiger charge is 2.04. The van der Waals surface area contributed by atoms with E-state index in [9.17, 15) is 9.59 Å². The van der Waals surface area contributed by atoms with Crippen LogP contribution < -0.4 is 0 Å². The molecule has 1 aromatic rings. The van der Waals surface area contributed by atoms with Gasteiger partial charge in [0, 0.05) is 22.6 Å². The quantitative estimate of drug-likeness (QED) is 0.490. The van der Waals surface area contributed by atoms with Gasteiger partial charge in [-0.1, -0.05) is 0 Å². The molecule has 1 aromatic heterocycles. The van der Waals surface area contributed by atoms with E-state index in [1.165, 1.54) is 24.0 Å². The van der Waals surface area contributed by atoms with E-state index in [0.717, 1.165) is 38.5 Å². The number of hydrogen-bond donors (Lipinski definition) is 0. The highest BCUT2D eigenvalue weighted by Crippen LogP contribution is 2.21. The van der Waals surface area contributed by atoms with Crippen molar-refractivity contribution >= 4 is 23.3 Å². The normalized spacial score (nSPS) is 10.4. The summed E-state index contributed by atoms with van der Waals surface area (Å²) < 4.78 is 9.23. The van der Waals surface area contributed by atoms with E-state index in [-0.39, 0.29) is 11.9 Å². The second-order valence-corrected chi connectivity index (χ2v) is 6.19. The average Bonchev–Trinajstić information content (AvgIpc) is 2.95. The predicted octanol–water partition coefficient (Wildman–Crippen LogP) is 3.52. The fourth-order valence-electron chi connectivity index (χ4n) is 2.03. The second kappa shape index (κ2) is 10.4. The van der Waals surface area contributed by atoms with Crippen molar-refractivity contribution in [3.63, 3.8) is 0 Å². The minimum atomic E-state index is -0.132. The molecule has 0 aliphatic carbocycles. The summed E-state index contributed by atoms with van der Waals surface area (Å²) in [6, 6.07) is 4.33. The lowest BCUT2D eigenvalue weighted by Gasteiger charge is -1.99. The van der Waals surface area contributed by atoms with Crippen LogP contribution in [0.5, 0.6) is 0 Å². The van der Waals surface area contributed by atoms with Gasteiger partial charge < -0.3 is 9.47 Å². The molecule has 0 saturated carbocycles. The molecule has 0 aliphatic rings. The van der Waals surface area contributed by atoms with Gasteiger partial charge in [-0.2, -0.15) is 0 Å². The van der Waals surface area contributed by atoms with E-state index in [0.29, 0.717) is 12.8 Å². The highest BCUT2D eigenvalue weighted by molar-refractivity contribution is 7.11. The van der Waals surface area contributed by atoms with Crippen molar-refractivity contribution in [2.75, 3.05) is 14.2 Å². The van der Waals surface area contributed by atoms with Crippen LogP contribution in [0.2, 0.25) is 0 Å². The van der Waals surface area contributed by atoms with Crippen molar-refractivity contribution in [2.24, 2.45) is 0 Å². The van der Waals surface area contributed by atoms with Gasteiger partial charge in [0.15, 0.2) is 0 Å². The molecule has 0 aliphatic heterocycles. The van der Waals surface area contributed by atoms with Crippen molar-refractivity contribution in [3.05, 3.63) is 21.9 Å². The van der Waals surface area contributed by atoms with E-state index in [4.69, 9.17) is 0 Å². The molecule has 4 nitrogen and oxygen atoms in total. The lowest BCUT2D eigenvalue weighted by Crippen LogP contribution is -1.99. The molecule has 118 valence electrons. The van der Waals surface area contributed by atoms with E-state index >= 15 is 0 Å². The minimum absolute atomic E-state index is 0.132. The Labute approximate surface area is 130 Å². The van der Waals surface area contributed by atoms with Crippen LogP contribution in [0.1, 0.15) is 48.3 Å². The van der Waals surface area contributed by atoms with Gasteiger partial charge in [-0.15, -0.1) is 11.3 Å². The monoisotopic (exact) mass is 312 g/mol. The molecule has 0 amide bonds. The number of carbonyl (C=O) groups excluding carboxylic acids is 2. The summed E-state index contributed by atoms with van der Waals surface area (Å²) in [5.74, 6) is -0.264. The number of esters is 2. The van der Waals surface area contributed by atoms with Gasteiger partial charge in [-0.25, -0.2) is 0 Å². The summed E-state index contributed by atoms with van der Waals surface area (Å²) in [6.07, 6.45) is 6.81. The first-order chi connectivity index (χ1) is 10.2. The lowest BCUT2D eigenvalue weighted by molar-refractivity contribution is -0.141. The van der Waals surface area contributed by atoms with Crippen molar-refractivity contribution in [1.29, 1.82) is 0 Å². The third kappa shape index (κ3) is 7.85. The number of aryl methyl sites for hydroxylation is 2. The molecule has 0 unspecified atom stereocenters. The molecule has 0 radical (unpaired) electrons. The molecule has 1 rings (SSSR count). The standard InChI is InChI=1S/C16H24O4S/c1-19-15(17)9-5-3-7-13-11-12-14(21-13)8-4-6-10-16(18)20-2/h11-12H,3-10H2,1-2H3. The lowest BCUT2D eigenvalue weighted by atomic mass is 10.1. The molecular formula is C16H24O4S. The minimum Gasteiger partial charge on any atom is -0.469 e. The van der Waals surface area contributed by atoms with Gasteiger partial charge in [-0.3, -0.25) is 9.59 Å². The summed E-state index contributed by atoms with van der Waals surface area (Å²) in [4.78, 5) is 24.7. The molecule has 0 saturated heterocycles. The van der Waals surface area contributed by atoms with Gasteiger partial charge in [0.1, 0.15) is 0 Å². The summed E-state index contributed by atoms with van der Waals surface area (Å²) in [5.41, 5.74) is 0. The number of unbranched alkanes of at least 4 members (excludes halogenated alkanes) is 2. The molecule has 5 heteroatoms. The van der Waals surface area contributed by atoms with Gasteiger partial charge in [-0.05, 0) is 50.7 Å². The summed E-state index contributed by atoms with van der Waals surface area (Å²) in [7, 11) is 2.85. The Morgan fingerprint density at radius 3 is 1.67 bits per heavy atom. The highest BCUT2D eigenvalue weighted by atomic mass is 32.1. The number of ether oxygens (including phenoxy) is 2. The Morgan fingerprint density at radius 2 is 1.29 bits per heavy atom. The Morgan fingerprint density at radius 1 is 0.857 bits per heavy atom. The van der Waals surface area contributed by atoms with Gasteiger partial charge >= 0.3 is 11.9 Å². The average molecular weight is 312 g/mol. The molecule has 0 bridgehead atoms. The van der Waals surface area contributed by atoms with Crippen LogP contribution >= 0.6 is 11.3 Å². The van der Waals surface area contributed by atoms with Crippen LogP contribution in [0.3, 0.4) is 0 Å². The maximum atomic E-state index is 11.0. The molecule has 0 spiro atoms. The maximum Gasteiger partial charge on any atom is 0.305 e. The van der Waals surface area contributed by atoms with E-state index < -0.39 is 0 Å². The number of thiophene rings is 1. The van der Waals surface area contributed by atoms with Gasteiger partial charge in [0.05, 0.1) is 14.2 Å². The Balaban J connectivity index is 2.15. The summed E-state index contributed by atoms with van der Waals surface area (Å²) >= 11 is 1.83. The summed E-state index contributed by atoms with van der Waals surface area (Å²) in [6.45, 7) is 0. The van der Waals surface area contributed by atoms with Gasteiger partial charge in [0.2, 0.25) is 0 Å². The zero-order valence-electron chi connectivity index (χ0n) is 12.9. The number of carbonyl (C=O) groups is 2. The molecule has 0 atom stereocenters. The zero-order chi connectivity index (χ0) is 15.5. The number of methoxy groups -OCH3 is 2. The van der Waals surface area contributed by atoms with Crippen LogP contribution in [0, 0.1) is 0 Å². The first-order valence-electron chi connectivity index (χ1n) is 7.37. The number of hydrogen-bond acceptors (Lipinski definition) is 5. The van der Waals surface area contributed by atoms with Crippen LogP contribution in [0.15, 0.2) is 12.1 Å². The molecule has 1 heterocycles. The molecular weight excluding hydrogens is 288 g/mol. The van der Waals surface area contributed by atoms with Crippen molar-refractivity contribution in [3.8, 4) is 0 Å². The smallest absolute Gasteiger partial charge is 0.305 e. The Kier molecular flexibility index (Phi) is 8.74. The van der Waals surface area contributed by atoms with Gasteiger partial charge in [0.25, 0.3) is 0 Å². The Hall–Kier alpha value is -1.36. The van der Waals surface area contributed by atoms with Crippen molar-refractivity contribution in [1.82, 2.24) is 0 Å². The first-order valence-corrected chi connectivity index (χ1v) is 8.18. The van der Waals surface area contributed by atoms with E-state index in [1.807, 2.05) is 11.3 Å². The van der Waals surface area contributed by atoms with E-state index in [2.05, 4.69) is 21.6 Å². The Bertz CT molecular complexity index is 401. The van der Waals surface area contributed by atoms with E-state index in [1.54, 1.807) is 0 Å². The van der Waals surface area contributed by atoms with Crippen LogP contribution in [-0.2, 0) is 31.9 Å². The number of rotatable bonds is 10. The molecule has 0 N–H and O–H groups in total. The van der Waals surface area contributed by atoms with Crippen molar-refractivity contribution < 1.29 is 19.1 Å². The zero-order valence-corrected chi connectivity index (χ0v) is 13.7. The third-order valence-electron chi connectivity index (χ3n) is 3.28. The first kappa shape index (κ1) is 17.7.